The van der Waals surface area contributed by atoms with Crippen LogP contribution in [0.25, 0.3) is 0 Å². The van der Waals surface area contributed by atoms with E-state index in [9.17, 15) is 4.79 Å². The largest absolute Gasteiger partial charge is 0.326 e. The lowest BCUT2D eigenvalue weighted by molar-refractivity contribution is 0.0993. The zero-order chi connectivity index (χ0) is 13.0. The Morgan fingerprint density at radius 2 is 1.89 bits per heavy atom. The number of nitrogens with two attached hydrogens (primary N) is 1. The van der Waals surface area contributed by atoms with Crippen LogP contribution in [0.15, 0.2) is 47.2 Å². The van der Waals surface area contributed by atoms with Crippen LogP contribution in [0.1, 0.15) is 21.5 Å². The van der Waals surface area contributed by atoms with Crippen LogP contribution in [0.2, 0.25) is 0 Å². The summed E-state index contributed by atoms with van der Waals surface area (Å²) in [7, 11) is 0. The number of carbonyl (C=O) groups excluding carboxylic acids is 1. The minimum absolute atomic E-state index is 0.0819. The summed E-state index contributed by atoms with van der Waals surface area (Å²) in [4.78, 5) is 16.1. The van der Waals surface area contributed by atoms with Crippen molar-refractivity contribution in [2.45, 2.75) is 13.0 Å². The zero-order valence-corrected chi connectivity index (χ0v) is 11.4. The molecule has 2 N–H and O–H groups in total. The average molecular weight is 305 g/mol. The molecule has 3 nitrogen and oxygen atoms in total. The van der Waals surface area contributed by atoms with Crippen molar-refractivity contribution in [3.8, 4) is 0 Å². The Kier molecular flexibility index (Phi) is 4.23. The fourth-order valence-electron chi connectivity index (χ4n) is 1.67. The van der Waals surface area contributed by atoms with Crippen molar-refractivity contribution in [1.29, 1.82) is 0 Å². The second-order valence-electron chi connectivity index (χ2n) is 4.01. The summed E-state index contributed by atoms with van der Waals surface area (Å²) < 4.78 is 0.881. The van der Waals surface area contributed by atoms with Gasteiger partial charge in [-0.1, -0.05) is 24.3 Å². The Labute approximate surface area is 114 Å². The molecule has 1 aromatic carbocycles. The molecule has 1 heterocycles. The molecule has 0 aliphatic heterocycles. The number of nitrogens with zero attached hydrogens (tertiary/aromatic N) is 1. The Bertz CT molecular complexity index is 552. The standard InChI is InChI=1S/C14H13BrN2O/c15-13-5-11(8-17-9-13)6-14(18)12-3-1-10(7-16)2-4-12/h1-5,8-9H,6-7,16H2. The fraction of sp³-hybridized carbons (Fsp3) is 0.143. The first-order valence-electron chi connectivity index (χ1n) is 5.60. The van der Waals surface area contributed by atoms with Gasteiger partial charge in [-0.2, -0.15) is 0 Å². The number of aromatic nitrogens is 1. The molecule has 0 saturated carbocycles. The maximum atomic E-state index is 12.1. The number of hydrogen-bond donors (Lipinski definition) is 1. The number of pyridine rings is 1. The number of ketones is 1. The van der Waals surface area contributed by atoms with Crippen LogP contribution in [0.5, 0.6) is 0 Å². The molecule has 4 heteroatoms. The normalized spacial score (nSPS) is 10.3. The maximum Gasteiger partial charge on any atom is 0.167 e. The van der Waals surface area contributed by atoms with Crippen molar-refractivity contribution in [1.82, 2.24) is 4.98 Å². The van der Waals surface area contributed by atoms with Crippen LogP contribution in [0.3, 0.4) is 0 Å². The monoisotopic (exact) mass is 304 g/mol. The highest BCUT2D eigenvalue weighted by atomic mass is 79.9. The quantitative estimate of drug-likeness (QED) is 0.884. The van der Waals surface area contributed by atoms with E-state index in [0.29, 0.717) is 18.5 Å². The third kappa shape index (κ3) is 3.24. The minimum atomic E-state index is 0.0819. The summed E-state index contributed by atoms with van der Waals surface area (Å²) in [6, 6.07) is 9.30. The first kappa shape index (κ1) is 12.9. The number of hydrogen-bond acceptors (Lipinski definition) is 3. The molecule has 0 spiro atoms. The summed E-state index contributed by atoms with van der Waals surface area (Å²) in [6.07, 6.45) is 3.76. The van der Waals surface area contributed by atoms with E-state index in [1.807, 2.05) is 30.3 Å². The average Bonchev–Trinajstić information content (AvgIpc) is 2.39. The number of Topliss-reactive ketones (excluding diaryl/α,β-unsaturated/α-hetero) is 1. The number of benzene rings is 1. The van der Waals surface area contributed by atoms with Gasteiger partial charge in [0, 0.05) is 35.4 Å². The number of rotatable bonds is 4. The van der Waals surface area contributed by atoms with Gasteiger partial charge in [-0.3, -0.25) is 9.78 Å². The molecule has 0 unspecified atom stereocenters. The van der Waals surface area contributed by atoms with Crippen LogP contribution in [0, 0.1) is 0 Å². The van der Waals surface area contributed by atoms with Gasteiger partial charge in [-0.15, -0.1) is 0 Å². The number of carbonyl (C=O) groups is 1. The fourth-order valence-corrected chi connectivity index (χ4v) is 2.08. The zero-order valence-electron chi connectivity index (χ0n) is 9.77. The summed E-state index contributed by atoms with van der Waals surface area (Å²) in [5.41, 5.74) is 8.14. The first-order chi connectivity index (χ1) is 8.69. The number of halogens is 1. The highest BCUT2D eigenvalue weighted by Gasteiger charge is 2.07. The maximum absolute atomic E-state index is 12.1. The Morgan fingerprint density at radius 1 is 1.17 bits per heavy atom. The molecule has 0 radical (unpaired) electrons. The van der Waals surface area contributed by atoms with Crippen LogP contribution >= 0.6 is 15.9 Å². The molecule has 0 atom stereocenters. The predicted octanol–water partition coefficient (Wildman–Crippen LogP) is 2.73. The van der Waals surface area contributed by atoms with Gasteiger partial charge in [0.15, 0.2) is 5.78 Å². The third-order valence-corrected chi connectivity index (χ3v) is 3.07. The van der Waals surface area contributed by atoms with Gasteiger partial charge in [0.25, 0.3) is 0 Å². The molecule has 0 amide bonds. The van der Waals surface area contributed by atoms with E-state index in [1.165, 1.54) is 0 Å². The molecule has 0 aliphatic rings. The summed E-state index contributed by atoms with van der Waals surface area (Å²) in [5.74, 6) is 0.0819. The van der Waals surface area contributed by atoms with Crippen LogP contribution in [-0.4, -0.2) is 10.8 Å². The SMILES string of the molecule is NCc1ccc(C(=O)Cc2cncc(Br)c2)cc1. The molecule has 2 rings (SSSR count). The molecule has 1 aromatic heterocycles. The highest BCUT2D eigenvalue weighted by Crippen LogP contribution is 2.13. The van der Waals surface area contributed by atoms with Crippen molar-refractivity contribution in [2.75, 3.05) is 0 Å². The molecule has 0 fully saturated rings. The Balaban J connectivity index is 2.11. The van der Waals surface area contributed by atoms with Crippen molar-refractivity contribution >= 4 is 21.7 Å². The van der Waals surface area contributed by atoms with Crippen molar-refractivity contribution in [3.63, 3.8) is 0 Å². The van der Waals surface area contributed by atoms with Gasteiger partial charge in [-0.05, 0) is 33.1 Å². The lowest BCUT2D eigenvalue weighted by Gasteiger charge is -2.03. The van der Waals surface area contributed by atoms with E-state index in [2.05, 4.69) is 20.9 Å². The predicted molar refractivity (Wildman–Crippen MR) is 74.3 cm³/mol. The van der Waals surface area contributed by atoms with Crippen molar-refractivity contribution < 1.29 is 4.79 Å². The van der Waals surface area contributed by atoms with Gasteiger partial charge < -0.3 is 5.73 Å². The summed E-state index contributed by atoms with van der Waals surface area (Å²) in [6.45, 7) is 0.490. The van der Waals surface area contributed by atoms with Crippen LogP contribution < -0.4 is 5.73 Å². The highest BCUT2D eigenvalue weighted by molar-refractivity contribution is 9.10. The lowest BCUT2D eigenvalue weighted by atomic mass is 10.0. The first-order valence-corrected chi connectivity index (χ1v) is 6.40. The van der Waals surface area contributed by atoms with Crippen molar-refractivity contribution in [2.24, 2.45) is 5.73 Å². The van der Waals surface area contributed by atoms with E-state index in [4.69, 9.17) is 5.73 Å². The van der Waals surface area contributed by atoms with Crippen LogP contribution in [0.4, 0.5) is 0 Å². The van der Waals surface area contributed by atoms with Crippen LogP contribution in [-0.2, 0) is 13.0 Å². The van der Waals surface area contributed by atoms with Gasteiger partial charge in [0.1, 0.15) is 0 Å². The van der Waals surface area contributed by atoms with E-state index >= 15 is 0 Å². The van der Waals surface area contributed by atoms with Gasteiger partial charge in [-0.25, -0.2) is 0 Å². The van der Waals surface area contributed by atoms with Gasteiger partial charge in [0.05, 0.1) is 0 Å². The molecule has 92 valence electrons. The smallest absolute Gasteiger partial charge is 0.167 e. The van der Waals surface area contributed by atoms with E-state index in [-0.39, 0.29) is 5.78 Å². The van der Waals surface area contributed by atoms with E-state index < -0.39 is 0 Å². The third-order valence-electron chi connectivity index (χ3n) is 2.64. The minimum Gasteiger partial charge on any atom is -0.326 e. The Morgan fingerprint density at radius 3 is 2.50 bits per heavy atom. The van der Waals surface area contributed by atoms with E-state index in [1.54, 1.807) is 12.4 Å². The molecule has 0 aliphatic carbocycles. The molecule has 0 saturated heterocycles. The van der Waals surface area contributed by atoms with Gasteiger partial charge in [0.2, 0.25) is 0 Å². The molecule has 0 bridgehead atoms. The molecular formula is C14H13BrN2O. The topological polar surface area (TPSA) is 56.0 Å². The molecule has 2 aromatic rings. The lowest BCUT2D eigenvalue weighted by Crippen LogP contribution is -2.04. The molecule has 18 heavy (non-hydrogen) atoms. The second-order valence-corrected chi connectivity index (χ2v) is 4.93. The summed E-state index contributed by atoms with van der Waals surface area (Å²) in [5, 5.41) is 0. The Hall–Kier alpha value is -1.52. The molecular weight excluding hydrogens is 292 g/mol. The second kappa shape index (κ2) is 5.89. The van der Waals surface area contributed by atoms with Gasteiger partial charge >= 0.3 is 0 Å². The summed E-state index contributed by atoms with van der Waals surface area (Å²) >= 11 is 3.34. The van der Waals surface area contributed by atoms with Crippen molar-refractivity contribution in [3.05, 3.63) is 63.9 Å². The van der Waals surface area contributed by atoms with E-state index in [0.717, 1.165) is 15.6 Å².